The van der Waals surface area contributed by atoms with Crippen molar-refractivity contribution in [3.63, 3.8) is 0 Å². The molecule has 0 spiro atoms. The van der Waals surface area contributed by atoms with E-state index in [0.29, 0.717) is 5.02 Å². The maximum Gasteiger partial charge on any atom is 0.244 e. The normalized spacial score (nSPS) is 18.5. The van der Waals surface area contributed by atoms with Gasteiger partial charge in [0.15, 0.2) is 0 Å². The molecular weight excluding hydrogens is 334 g/mol. The largest absolute Gasteiger partial charge is 0.487 e. The Bertz CT molecular complexity index is 826. The average Bonchev–Trinajstić information content (AvgIpc) is 2.54. The number of halogens is 1. The second kappa shape index (κ2) is 6.93. The fourth-order valence-corrected chi connectivity index (χ4v) is 3.30. The van der Waals surface area contributed by atoms with Crippen molar-refractivity contribution in [2.75, 3.05) is 0 Å². The van der Waals surface area contributed by atoms with Crippen LogP contribution in [0, 0.1) is 6.92 Å². The number of amides is 1. The van der Waals surface area contributed by atoms with E-state index in [0.717, 1.165) is 28.9 Å². The number of aryl methyl sites for hydroxylation is 1. The average molecular weight is 356 g/mol. The van der Waals surface area contributed by atoms with E-state index in [1.807, 2.05) is 51.1 Å². The zero-order chi connectivity index (χ0) is 18.0. The minimum atomic E-state index is -0.327. The highest BCUT2D eigenvalue weighted by molar-refractivity contribution is 6.32. The summed E-state index contributed by atoms with van der Waals surface area (Å²) in [4.78, 5) is 12.4. The summed E-state index contributed by atoms with van der Waals surface area (Å²) < 4.78 is 6.04. The Morgan fingerprint density at radius 3 is 2.80 bits per heavy atom. The summed E-state index contributed by atoms with van der Waals surface area (Å²) in [5.41, 5.74) is 2.67. The van der Waals surface area contributed by atoms with Gasteiger partial charge in [-0.1, -0.05) is 47.5 Å². The van der Waals surface area contributed by atoms with Crippen LogP contribution in [0.15, 0.2) is 48.5 Å². The van der Waals surface area contributed by atoms with Gasteiger partial charge in [0.2, 0.25) is 5.91 Å². The van der Waals surface area contributed by atoms with Gasteiger partial charge in [0, 0.05) is 23.1 Å². The lowest BCUT2D eigenvalue weighted by molar-refractivity contribution is -0.117. The van der Waals surface area contributed by atoms with Crippen molar-refractivity contribution >= 4 is 23.6 Å². The first kappa shape index (κ1) is 17.6. The monoisotopic (exact) mass is 355 g/mol. The van der Waals surface area contributed by atoms with Gasteiger partial charge in [0.05, 0.1) is 6.04 Å². The van der Waals surface area contributed by atoms with Crippen molar-refractivity contribution in [2.45, 2.75) is 38.8 Å². The van der Waals surface area contributed by atoms with Gasteiger partial charge in [-0.15, -0.1) is 0 Å². The Morgan fingerprint density at radius 2 is 2.04 bits per heavy atom. The van der Waals surface area contributed by atoms with E-state index in [-0.39, 0.29) is 17.6 Å². The Morgan fingerprint density at radius 1 is 1.28 bits per heavy atom. The molecular formula is C21H22ClNO2. The lowest BCUT2D eigenvalue weighted by Crippen LogP contribution is -2.41. The van der Waals surface area contributed by atoms with Crippen LogP contribution in [0.5, 0.6) is 5.75 Å². The molecule has 3 rings (SSSR count). The van der Waals surface area contributed by atoms with E-state index < -0.39 is 0 Å². The van der Waals surface area contributed by atoms with Gasteiger partial charge in [-0.25, -0.2) is 0 Å². The Labute approximate surface area is 153 Å². The molecule has 130 valence electrons. The van der Waals surface area contributed by atoms with Crippen molar-refractivity contribution in [2.24, 2.45) is 0 Å². The van der Waals surface area contributed by atoms with Crippen LogP contribution in [-0.4, -0.2) is 11.5 Å². The van der Waals surface area contributed by atoms with E-state index in [4.69, 9.17) is 16.3 Å². The highest BCUT2D eigenvalue weighted by Gasteiger charge is 2.34. The smallest absolute Gasteiger partial charge is 0.244 e. The molecule has 1 N–H and O–H groups in total. The molecule has 4 heteroatoms. The van der Waals surface area contributed by atoms with Crippen molar-refractivity contribution < 1.29 is 9.53 Å². The van der Waals surface area contributed by atoms with Gasteiger partial charge < -0.3 is 10.1 Å². The van der Waals surface area contributed by atoms with Gasteiger partial charge in [0.25, 0.3) is 0 Å². The van der Waals surface area contributed by atoms with E-state index >= 15 is 0 Å². The minimum Gasteiger partial charge on any atom is -0.487 e. The van der Waals surface area contributed by atoms with E-state index in [9.17, 15) is 4.79 Å². The number of benzene rings is 2. The fraction of sp³-hybridized carbons (Fsp3) is 0.286. The molecule has 0 saturated heterocycles. The summed E-state index contributed by atoms with van der Waals surface area (Å²) in [6.45, 7) is 6.11. The number of nitrogens with one attached hydrogen (secondary N) is 1. The second-order valence-corrected chi connectivity index (χ2v) is 7.43. The summed E-state index contributed by atoms with van der Waals surface area (Å²) in [6, 6.07) is 13.4. The van der Waals surface area contributed by atoms with Gasteiger partial charge in [-0.05, 0) is 44.5 Å². The molecule has 0 saturated carbocycles. The van der Waals surface area contributed by atoms with Gasteiger partial charge in [0.1, 0.15) is 11.4 Å². The van der Waals surface area contributed by atoms with Crippen molar-refractivity contribution in [1.29, 1.82) is 0 Å². The molecule has 2 aromatic rings. The third-order valence-electron chi connectivity index (χ3n) is 4.26. The van der Waals surface area contributed by atoms with Crippen LogP contribution in [0.2, 0.25) is 5.02 Å². The van der Waals surface area contributed by atoms with Crippen LogP contribution in [-0.2, 0) is 4.79 Å². The quantitative estimate of drug-likeness (QED) is 0.779. The van der Waals surface area contributed by atoms with Crippen LogP contribution >= 0.6 is 11.6 Å². The third kappa shape index (κ3) is 4.23. The summed E-state index contributed by atoms with van der Waals surface area (Å²) in [6.07, 6.45) is 3.98. The molecule has 2 aromatic carbocycles. The first-order chi connectivity index (χ1) is 11.8. The first-order valence-electron chi connectivity index (χ1n) is 8.37. The summed E-state index contributed by atoms with van der Waals surface area (Å²) in [5, 5.41) is 3.72. The molecule has 1 atom stereocenters. The molecule has 1 heterocycles. The van der Waals surface area contributed by atoms with Crippen molar-refractivity contribution in [3.8, 4) is 5.75 Å². The zero-order valence-electron chi connectivity index (χ0n) is 14.7. The number of carbonyl (C=O) groups excluding carboxylic acids is 1. The zero-order valence-corrected chi connectivity index (χ0v) is 15.4. The SMILES string of the molecule is Cc1ccc2c(c1)[C@H](NC(=O)/C=C/c1ccccc1Cl)CC(C)(C)O2. The van der Waals surface area contributed by atoms with E-state index in [1.165, 1.54) is 6.08 Å². The minimum absolute atomic E-state index is 0.0814. The maximum atomic E-state index is 12.4. The van der Waals surface area contributed by atoms with Crippen molar-refractivity contribution in [3.05, 3.63) is 70.3 Å². The highest BCUT2D eigenvalue weighted by Crippen LogP contribution is 2.39. The standard InChI is InChI=1S/C21H22ClNO2/c1-14-8-10-19-16(12-14)18(13-21(2,3)25-19)23-20(24)11-9-15-6-4-5-7-17(15)22/h4-12,18H,13H2,1-3H3,(H,23,24)/b11-9+/t18-/m1/s1. The second-order valence-electron chi connectivity index (χ2n) is 7.02. The first-order valence-corrected chi connectivity index (χ1v) is 8.74. The third-order valence-corrected chi connectivity index (χ3v) is 4.60. The van der Waals surface area contributed by atoms with Crippen molar-refractivity contribution in [1.82, 2.24) is 5.32 Å². The molecule has 1 aliphatic heterocycles. The lowest BCUT2D eigenvalue weighted by atomic mass is 9.89. The number of hydrogen-bond acceptors (Lipinski definition) is 2. The molecule has 1 aliphatic rings. The van der Waals surface area contributed by atoms with E-state index in [1.54, 1.807) is 12.1 Å². The summed E-state index contributed by atoms with van der Waals surface area (Å²) >= 11 is 6.12. The Balaban J connectivity index is 1.79. The topological polar surface area (TPSA) is 38.3 Å². The van der Waals surface area contributed by atoms with Crippen LogP contribution in [0.4, 0.5) is 0 Å². The van der Waals surface area contributed by atoms with Crippen LogP contribution in [0.1, 0.15) is 43.0 Å². The molecule has 0 radical (unpaired) electrons. The maximum absolute atomic E-state index is 12.4. The Hall–Kier alpha value is -2.26. The molecule has 1 amide bonds. The summed E-state index contributed by atoms with van der Waals surface area (Å²) in [5.74, 6) is 0.692. The molecule has 0 fully saturated rings. The van der Waals surface area contributed by atoms with Crippen LogP contribution < -0.4 is 10.1 Å². The number of rotatable bonds is 3. The van der Waals surface area contributed by atoms with Crippen LogP contribution in [0.3, 0.4) is 0 Å². The number of carbonyl (C=O) groups is 1. The van der Waals surface area contributed by atoms with E-state index in [2.05, 4.69) is 11.4 Å². The highest BCUT2D eigenvalue weighted by atomic mass is 35.5. The molecule has 0 aliphatic carbocycles. The fourth-order valence-electron chi connectivity index (χ4n) is 3.10. The Kier molecular flexibility index (Phi) is 4.87. The molecule has 0 bridgehead atoms. The predicted molar refractivity (Wildman–Crippen MR) is 102 cm³/mol. The molecule has 0 aromatic heterocycles. The number of ether oxygens (including phenoxy) is 1. The number of fused-ring (bicyclic) bond motifs is 1. The molecule has 25 heavy (non-hydrogen) atoms. The van der Waals surface area contributed by atoms with Gasteiger partial charge >= 0.3 is 0 Å². The van der Waals surface area contributed by atoms with Crippen LogP contribution in [0.25, 0.3) is 6.08 Å². The predicted octanol–water partition coefficient (Wildman–Crippen LogP) is 5.08. The summed E-state index contributed by atoms with van der Waals surface area (Å²) in [7, 11) is 0. The van der Waals surface area contributed by atoms with Gasteiger partial charge in [-0.2, -0.15) is 0 Å². The molecule has 0 unspecified atom stereocenters. The van der Waals surface area contributed by atoms with Gasteiger partial charge in [-0.3, -0.25) is 4.79 Å². The number of hydrogen-bond donors (Lipinski definition) is 1. The molecule has 3 nitrogen and oxygen atoms in total. The lowest BCUT2D eigenvalue weighted by Gasteiger charge is -2.38.